The maximum Gasteiger partial charge on any atom is 0.169 e. The van der Waals surface area contributed by atoms with Gasteiger partial charge in [-0.1, -0.05) is 18.0 Å². The smallest absolute Gasteiger partial charge is 0.169 e. The molecule has 2 aliphatic rings. The number of halogens is 1. The maximum absolute atomic E-state index is 5.92. The van der Waals surface area contributed by atoms with E-state index in [1.807, 2.05) is 0 Å². The molecule has 0 radical (unpaired) electrons. The first-order valence-corrected chi connectivity index (χ1v) is 5.57. The molecule has 0 bridgehead atoms. The van der Waals surface area contributed by atoms with Crippen LogP contribution in [0.4, 0.5) is 0 Å². The maximum atomic E-state index is 5.92. The molecule has 2 fully saturated rings. The van der Waals surface area contributed by atoms with E-state index < -0.39 is 0 Å². The van der Waals surface area contributed by atoms with Gasteiger partial charge in [-0.25, -0.2) is 0 Å². The van der Waals surface area contributed by atoms with E-state index in [0.29, 0.717) is 11.8 Å². The Kier molecular flexibility index (Phi) is 3.10. The van der Waals surface area contributed by atoms with Gasteiger partial charge in [-0.2, -0.15) is 0 Å². The second-order valence-electron chi connectivity index (χ2n) is 3.94. The summed E-state index contributed by atoms with van der Waals surface area (Å²) in [6.45, 7) is 0.552. The molecule has 2 rings (SSSR count). The molecule has 1 spiro atoms. The van der Waals surface area contributed by atoms with Gasteiger partial charge in [-0.05, 0) is 12.8 Å². The average Bonchev–Trinajstić information content (AvgIpc) is 2.62. The van der Waals surface area contributed by atoms with Crippen LogP contribution >= 0.6 is 11.6 Å². The Morgan fingerprint density at radius 1 is 1.36 bits per heavy atom. The molecule has 1 aliphatic carbocycles. The fourth-order valence-electron chi connectivity index (χ4n) is 2.17. The van der Waals surface area contributed by atoms with Gasteiger partial charge in [0.25, 0.3) is 0 Å². The molecule has 0 aromatic rings. The van der Waals surface area contributed by atoms with Crippen molar-refractivity contribution in [3.63, 3.8) is 0 Å². The van der Waals surface area contributed by atoms with Crippen LogP contribution < -0.4 is 0 Å². The molecule has 1 heterocycles. The molecular formula is C10H16ClNO2. The lowest BCUT2D eigenvalue weighted by molar-refractivity contribution is -0.181. The third-order valence-electron chi connectivity index (χ3n) is 2.95. The van der Waals surface area contributed by atoms with E-state index in [-0.39, 0.29) is 11.9 Å². The van der Waals surface area contributed by atoms with Crippen molar-refractivity contribution in [3.05, 3.63) is 0 Å². The van der Waals surface area contributed by atoms with E-state index in [0.717, 1.165) is 12.8 Å². The van der Waals surface area contributed by atoms with Crippen molar-refractivity contribution >= 4 is 16.8 Å². The van der Waals surface area contributed by atoms with Crippen molar-refractivity contribution in [2.75, 3.05) is 13.7 Å². The lowest BCUT2D eigenvalue weighted by atomic mass is 9.94. The molecule has 1 saturated heterocycles. The zero-order chi connectivity index (χ0) is 10.0. The number of hydrogen-bond donors (Lipinski definition) is 0. The Labute approximate surface area is 89.4 Å². The van der Waals surface area contributed by atoms with Crippen molar-refractivity contribution in [1.82, 2.24) is 0 Å². The molecule has 0 amide bonds. The molecule has 0 N–H and O–H groups in total. The molecule has 14 heavy (non-hydrogen) atoms. The minimum atomic E-state index is -0.340. The molecular weight excluding hydrogens is 202 g/mol. The van der Waals surface area contributed by atoms with Crippen molar-refractivity contribution < 1.29 is 9.47 Å². The Hall–Kier alpha value is -0.120. The van der Waals surface area contributed by atoms with Crippen molar-refractivity contribution in [1.29, 1.82) is 0 Å². The largest absolute Gasteiger partial charge is 0.347 e. The average molecular weight is 218 g/mol. The standard InChI is InChI=1S/C10H16ClNO2/c1-12-9(11)8-7-13-10(14-8)5-3-2-4-6-10/h8H,2-7H2,1H3/t8-/m1/s1. The summed E-state index contributed by atoms with van der Waals surface area (Å²) in [5.41, 5.74) is 0. The highest BCUT2D eigenvalue weighted by Crippen LogP contribution is 2.38. The molecule has 0 aromatic carbocycles. The van der Waals surface area contributed by atoms with Crippen LogP contribution in [0, 0.1) is 0 Å². The number of hydrogen-bond acceptors (Lipinski definition) is 3. The van der Waals surface area contributed by atoms with E-state index in [2.05, 4.69) is 4.99 Å². The number of ether oxygens (including phenoxy) is 2. The normalized spacial score (nSPS) is 32.4. The monoisotopic (exact) mass is 217 g/mol. The van der Waals surface area contributed by atoms with Crippen molar-refractivity contribution in [2.45, 2.75) is 44.0 Å². The van der Waals surface area contributed by atoms with Crippen molar-refractivity contribution in [3.8, 4) is 0 Å². The Bertz CT molecular complexity index is 236. The predicted octanol–water partition coefficient (Wildman–Crippen LogP) is 2.33. The van der Waals surface area contributed by atoms with E-state index in [1.54, 1.807) is 7.05 Å². The lowest BCUT2D eigenvalue weighted by Gasteiger charge is -2.31. The molecule has 80 valence electrons. The van der Waals surface area contributed by atoms with Crippen LogP contribution in [0.15, 0.2) is 4.99 Å². The van der Waals surface area contributed by atoms with Crippen LogP contribution in [-0.4, -0.2) is 30.7 Å². The Balaban J connectivity index is 1.99. The van der Waals surface area contributed by atoms with Gasteiger partial charge < -0.3 is 9.47 Å². The zero-order valence-electron chi connectivity index (χ0n) is 8.46. The topological polar surface area (TPSA) is 30.8 Å². The minimum Gasteiger partial charge on any atom is -0.347 e. The Morgan fingerprint density at radius 2 is 2.07 bits per heavy atom. The molecule has 1 atom stereocenters. The number of aliphatic imine (C=N–C) groups is 1. The second kappa shape index (κ2) is 4.17. The van der Waals surface area contributed by atoms with Gasteiger partial charge in [-0.3, -0.25) is 4.99 Å². The SMILES string of the molecule is CN=C(Cl)[C@H]1COC2(CCCCC2)O1. The molecule has 0 aromatic heterocycles. The second-order valence-corrected chi connectivity index (χ2v) is 4.32. The number of rotatable bonds is 1. The highest BCUT2D eigenvalue weighted by atomic mass is 35.5. The minimum absolute atomic E-state index is 0.139. The summed E-state index contributed by atoms with van der Waals surface area (Å²) in [4.78, 5) is 3.93. The highest BCUT2D eigenvalue weighted by Gasteiger charge is 2.43. The van der Waals surface area contributed by atoms with Crippen LogP contribution in [0.2, 0.25) is 0 Å². The molecule has 4 heteroatoms. The quantitative estimate of drug-likeness (QED) is 0.632. The first-order chi connectivity index (χ1) is 6.76. The molecule has 1 saturated carbocycles. The third kappa shape index (κ3) is 1.95. The van der Waals surface area contributed by atoms with E-state index in [1.165, 1.54) is 19.3 Å². The van der Waals surface area contributed by atoms with E-state index in [9.17, 15) is 0 Å². The van der Waals surface area contributed by atoms with E-state index >= 15 is 0 Å². The molecule has 0 unspecified atom stereocenters. The molecule has 1 aliphatic heterocycles. The van der Waals surface area contributed by atoms with Crippen LogP contribution in [0.1, 0.15) is 32.1 Å². The summed E-state index contributed by atoms with van der Waals surface area (Å²) in [6.07, 6.45) is 5.52. The van der Waals surface area contributed by atoms with Gasteiger partial charge >= 0.3 is 0 Å². The van der Waals surface area contributed by atoms with Gasteiger partial charge in [0, 0.05) is 19.9 Å². The third-order valence-corrected chi connectivity index (χ3v) is 3.36. The summed E-state index contributed by atoms with van der Waals surface area (Å²) in [5.74, 6) is -0.340. The van der Waals surface area contributed by atoms with Gasteiger partial charge in [0.2, 0.25) is 0 Å². The van der Waals surface area contributed by atoms with Gasteiger partial charge in [0.05, 0.1) is 6.61 Å². The first-order valence-electron chi connectivity index (χ1n) is 5.20. The summed E-state index contributed by atoms with van der Waals surface area (Å²) < 4.78 is 11.6. The van der Waals surface area contributed by atoms with Crippen LogP contribution in [0.3, 0.4) is 0 Å². The molecule has 3 nitrogen and oxygen atoms in total. The van der Waals surface area contributed by atoms with Gasteiger partial charge in [0.1, 0.15) is 11.3 Å². The van der Waals surface area contributed by atoms with Crippen molar-refractivity contribution in [2.24, 2.45) is 4.99 Å². The lowest BCUT2D eigenvalue weighted by Crippen LogP contribution is -2.34. The fraction of sp³-hybridized carbons (Fsp3) is 0.900. The summed E-state index contributed by atoms with van der Waals surface area (Å²) in [7, 11) is 1.68. The highest BCUT2D eigenvalue weighted by molar-refractivity contribution is 6.66. The number of nitrogens with zero attached hydrogens (tertiary/aromatic N) is 1. The summed E-state index contributed by atoms with van der Waals surface area (Å²) >= 11 is 5.92. The van der Waals surface area contributed by atoms with Gasteiger partial charge in [0.15, 0.2) is 5.79 Å². The Morgan fingerprint density at radius 3 is 2.71 bits per heavy atom. The van der Waals surface area contributed by atoms with Crippen LogP contribution in [0.25, 0.3) is 0 Å². The van der Waals surface area contributed by atoms with Crippen LogP contribution in [-0.2, 0) is 9.47 Å². The predicted molar refractivity (Wildman–Crippen MR) is 55.9 cm³/mol. The zero-order valence-corrected chi connectivity index (χ0v) is 9.22. The van der Waals surface area contributed by atoms with Crippen LogP contribution in [0.5, 0.6) is 0 Å². The summed E-state index contributed by atoms with van der Waals surface area (Å²) in [6, 6.07) is 0. The van der Waals surface area contributed by atoms with Gasteiger partial charge in [-0.15, -0.1) is 0 Å². The van der Waals surface area contributed by atoms with E-state index in [4.69, 9.17) is 21.1 Å². The summed E-state index contributed by atoms with van der Waals surface area (Å²) in [5, 5.41) is 0.521. The fourth-order valence-corrected chi connectivity index (χ4v) is 2.28. The first kappa shape index (κ1) is 10.4.